The molecule has 0 aliphatic carbocycles. The third-order valence-corrected chi connectivity index (χ3v) is 2.99. The van der Waals surface area contributed by atoms with Gasteiger partial charge in [-0.05, 0) is 32.2 Å². The number of ether oxygens (including phenoxy) is 1. The topological polar surface area (TPSA) is 52.3 Å². The Bertz CT molecular complexity index is 183. The molecule has 102 valence electrons. The molecule has 0 aliphatic heterocycles. The number of unbranched alkanes of at least 4 members (excludes halogenated alkanes) is 2. The van der Waals surface area contributed by atoms with Gasteiger partial charge < -0.3 is 10.5 Å². The van der Waals surface area contributed by atoms with Crippen molar-refractivity contribution >= 4 is 5.78 Å². The lowest BCUT2D eigenvalue weighted by molar-refractivity contribution is -0.122. The summed E-state index contributed by atoms with van der Waals surface area (Å²) in [4.78, 5) is 11.7. The molecule has 0 saturated carbocycles. The zero-order valence-corrected chi connectivity index (χ0v) is 11.5. The molecule has 0 saturated heterocycles. The number of carbonyl (C=O) groups is 1. The van der Waals surface area contributed by atoms with E-state index in [1.165, 1.54) is 0 Å². The van der Waals surface area contributed by atoms with Gasteiger partial charge in [-0.2, -0.15) is 0 Å². The Balaban J connectivity index is 3.37. The van der Waals surface area contributed by atoms with Gasteiger partial charge in [0.2, 0.25) is 0 Å². The van der Waals surface area contributed by atoms with E-state index in [1.807, 2.05) is 6.92 Å². The Labute approximate surface area is 106 Å². The quantitative estimate of drug-likeness (QED) is 0.536. The Kier molecular flexibility index (Phi) is 11.8. The molecule has 0 fully saturated rings. The summed E-state index contributed by atoms with van der Waals surface area (Å²) in [5, 5.41) is 0. The van der Waals surface area contributed by atoms with Crippen molar-refractivity contribution in [2.75, 3.05) is 19.8 Å². The van der Waals surface area contributed by atoms with E-state index in [1.54, 1.807) is 0 Å². The Morgan fingerprint density at radius 3 is 2.53 bits per heavy atom. The Hall–Kier alpha value is -0.410. The smallest absolute Gasteiger partial charge is 0.135 e. The van der Waals surface area contributed by atoms with Crippen LogP contribution >= 0.6 is 0 Å². The molecular formula is C14H29NO2. The number of Topliss-reactive ketones (excluding diaryl/α,β-unsaturated/α-hetero) is 1. The second kappa shape index (κ2) is 12.1. The first kappa shape index (κ1) is 16.6. The van der Waals surface area contributed by atoms with Crippen LogP contribution in [0.5, 0.6) is 0 Å². The van der Waals surface area contributed by atoms with Gasteiger partial charge in [-0.1, -0.05) is 26.7 Å². The third-order valence-electron chi connectivity index (χ3n) is 2.99. The van der Waals surface area contributed by atoms with Crippen molar-refractivity contribution in [3.8, 4) is 0 Å². The molecular weight excluding hydrogens is 214 g/mol. The monoisotopic (exact) mass is 243 g/mol. The fourth-order valence-electron chi connectivity index (χ4n) is 1.70. The molecule has 1 unspecified atom stereocenters. The van der Waals surface area contributed by atoms with Crippen LogP contribution in [0.25, 0.3) is 0 Å². The fourth-order valence-corrected chi connectivity index (χ4v) is 1.70. The maximum Gasteiger partial charge on any atom is 0.135 e. The number of carbonyl (C=O) groups excluding carboxylic acids is 1. The second-order valence-corrected chi connectivity index (χ2v) is 4.72. The van der Waals surface area contributed by atoms with Crippen LogP contribution < -0.4 is 5.73 Å². The van der Waals surface area contributed by atoms with Crippen LogP contribution in [0.15, 0.2) is 0 Å². The molecule has 3 nitrogen and oxygen atoms in total. The minimum atomic E-state index is 0.192. The first-order valence-corrected chi connectivity index (χ1v) is 7.02. The highest BCUT2D eigenvalue weighted by atomic mass is 16.5. The largest absolute Gasteiger partial charge is 0.381 e. The van der Waals surface area contributed by atoms with Gasteiger partial charge in [0.25, 0.3) is 0 Å². The van der Waals surface area contributed by atoms with Crippen molar-refractivity contribution in [3.63, 3.8) is 0 Å². The van der Waals surface area contributed by atoms with E-state index in [-0.39, 0.29) is 5.92 Å². The molecule has 0 aromatic carbocycles. The second-order valence-electron chi connectivity index (χ2n) is 4.72. The summed E-state index contributed by atoms with van der Waals surface area (Å²) in [6, 6.07) is 0. The summed E-state index contributed by atoms with van der Waals surface area (Å²) in [7, 11) is 0. The Morgan fingerprint density at radius 2 is 1.88 bits per heavy atom. The normalized spacial score (nSPS) is 12.6. The first-order valence-electron chi connectivity index (χ1n) is 7.02. The standard InChI is InChI=1S/C14H29NO2/c1-3-4-11-17-12-7-9-14(16)13(2)8-5-6-10-15/h13H,3-12,15H2,1-2H3. The average Bonchev–Trinajstić information content (AvgIpc) is 2.33. The molecule has 0 aliphatic rings. The predicted molar refractivity (Wildman–Crippen MR) is 72.0 cm³/mol. The van der Waals surface area contributed by atoms with Gasteiger partial charge in [-0.15, -0.1) is 0 Å². The number of hydrogen-bond acceptors (Lipinski definition) is 3. The first-order chi connectivity index (χ1) is 8.22. The summed E-state index contributed by atoms with van der Waals surface area (Å²) in [6.07, 6.45) is 6.88. The summed E-state index contributed by atoms with van der Waals surface area (Å²) in [6.45, 7) is 6.46. The van der Waals surface area contributed by atoms with Gasteiger partial charge >= 0.3 is 0 Å². The zero-order valence-electron chi connectivity index (χ0n) is 11.5. The summed E-state index contributed by atoms with van der Waals surface area (Å²) in [5.41, 5.74) is 5.43. The fraction of sp³-hybridized carbons (Fsp3) is 0.929. The van der Waals surface area contributed by atoms with Crippen LogP contribution in [-0.4, -0.2) is 25.5 Å². The van der Waals surface area contributed by atoms with Crippen molar-refractivity contribution < 1.29 is 9.53 Å². The molecule has 0 heterocycles. The molecule has 17 heavy (non-hydrogen) atoms. The molecule has 2 N–H and O–H groups in total. The predicted octanol–water partition coefficient (Wildman–Crippen LogP) is 2.92. The van der Waals surface area contributed by atoms with Crippen molar-refractivity contribution in [2.45, 2.75) is 58.8 Å². The molecule has 3 heteroatoms. The lowest BCUT2D eigenvalue weighted by atomic mass is 9.96. The highest BCUT2D eigenvalue weighted by Crippen LogP contribution is 2.11. The van der Waals surface area contributed by atoms with Crippen molar-refractivity contribution in [2.24, 2.45) is 11.7 Å². The van der Waals surface area contributed by atoms with Crippen molar-refractivity contribution in [1.29, 1.82) is 0 Å². The van der Waals surface area contributed by atoms with E-state index in [9.17, 15) is 4.79 Å². The lowest BCUT2D eigenvalue weighted by Gasteiger charge is -2.10. The highest BCUT2D eigenvalue weighted by molar-refractivity contribution is 5.80. The van der Waals surface area contributed by atoms with E-state index >= 15 is 0 Å². The third kappa shape index (κ3) is 10.5. The lowest BCUT2D eigenvalue weighted by Crippen LogP contribution is -2.12. The summed E-state index contributed by atoms with van der Waals surface area (Å²) in [5.74, 6) is 0.568. The minimum absolute atomic E-state index is 0.192. The molecule has 0 amide bonds. The highest BCUT2D eigenvalue weighted by Gasteiger charge is 2.11. The van der Waals surface area contributed by atoms with Crippen LogP contribution in [0.4, 0.5) is 0 Å². The van der Waals surface area contributed by atoms with Crippen LogP contribution in [0.2, 0.25) is 0 Å². The van der Waals surface area contributed by atoms with E-state index in [4.69, 9.17) is 10.5 Å². The van der Waals surface area contributed by atoms with Crippen LogP contribution in [-0.2, 0) is 9.53 Å². The van der Waals surface area contributed by atoms with Gasteiger partial charge in [-0.3, -0.25) is 4.79 Å². The maximum atomic E-state index is 11.7. The van der Waals surface area contributed by atoms with E-state index < -0.39 is 0 Å². The summed E-state index contributed by atoms with van der Waals surface area (Å²) >= 11 is 0. The number of ketones is 1. The van der Waals surface area contributed by atoms with E-state index in [2.05, 4.69) is 6.92 Å². The van der Waals surface area contributed by atoms with Gasteiger partial charge in [0.05, 0.1) is 0 Å². The van der Waals surface area contributed by atoms with Crippen LogP contribution in [0.1, 0.15) is 58.8 Å². The number of hydrogen-bond donors (Lipinski definition) is 1. The maximum absolute atomic E-state index is 11.7. The van der Waals surface area contributed by atoms with Crippen molar-refractivity contribution in [1.82, 2.24) is 0 Å². The molecule has 0 aromatic heterocycles. The zero-order chi connectivity index (χ0) is 12.9. The summed E-state index contributed by atoms with van der Waals surface area (Å²) < 4.78 is 5.43. The molecule has 0 radical (unpaired) electrons. The molecule has 1 atom stereocenters. The molecule has 0 spiro atoms. The Morgan fingerprint density at radius 1 is 1.18 bits per heavy atom. The van der Waals surface area contributed by atoms with Gasteiger partial charge in [-0.25, -0.2) is 0 Å². The molecule has 0 bridgehead atoms. The molecule has 0 rings (SSSR count). The van der Waals surface area contributed by atoms with Gasteiger partial charge in [0.15, 0.2) is 0 Å². The average molecular weight is 243 g/mol. The van der Waals surface area contributed by atoms with E-state index in [0.717, 1.165) is 58.3 Å². The SMILES string of the molecule is CCCCOCCCC(=O)C(C)CCCCN. The number of rotatable bonds is 12. The number of nitrogens with two attached hydrogens (primary N) is 1. The van der Waals surface area contributed by atoms with Gasteiger partial charge in [0.1, 0.15) is 5.78 Å². The molecule has 0 aromatic rings. The van der Waals surface area contributed by atoms with Crippen LogP contribution in [0, 0.1) is 5.92 Å². The van der Waals surface area contributed by atoms with E-state index in [0.29, 0.717) is 12.2 Å². The van der Waals surface area contributed by atoms with Crippen molar-refractivity contribution in [3.05, 3.63) is 0 Å². The van der Waals surface area contributed by atoms with Gasteiger partial charge in [0, 0.05) is 25.6 Å². The van der Waals surface area contributed by atoms with Crippen LogP contribution in [0.3, 0.4) is 0 Å². The minimum Gasteiger partial charge on any atom is -0.381 e.